The van der Waals surface area contributed by atoms with Gasteiger partial charge in [-0.2, -0.15) is 0 Å². The third-order valence-corrected chi connectivity index (χ3v) is 4.94. The summed E-state index contributed by atoms with van der Waals surface area (Å²) in [4.78, 5) is 0. The van der Waals surface area contributed by atoms with Gasteiger partial charge in [-0.15, -0.1) is 0 Å². The maximum absolute atomic E-state index is 13.9. The molecule has 0 fully saturated rings. The molecule has 1 atom stereocenters. The molecule has 0 aliphatic carbocycles. The van der Waals surface area contributed by atoms with Gasteiger partial charge in [0.05, 0.1) is 6.04 Å². The largest absolute Gasteiger partial charge is 0.271 e. The molecule has 2 aromatic rings. The van der Waals surface area contributed by atoms with Gasteiger partial charge in [-0.3, -0.25) is 11.3 Å². The summed E-state index contributed by atoms with van der Waals surface area (Å²) in [5.41, 5.74) is 4.45. The maximum Gasteiger partial charge on any atom is 0.127 e. The third-order valence-electron chi connectivity index (χ3n) is 2.97. The van der Waals surface area contributed by atoms with Crippen molar-refractivity contribution < 1.29 is 4.39 Å². The number of hydrogen-bond acceptors (Lipinski definition) is 2. The Morgan fingerprint density at radius 3 is 2.45 bits per heavy atom. The van der Waals surface area contributed by atoms with Crippen molar-refractivity contribution in [1.82, 2.24) is 5.43 Å². The standard InChI is InChI=1S/C14H12Br2FIN2/c15-9-3-4-13(18)11(6-9)14(20-19)5-8-1-2-10(16)7-12(8)17/h1-4,6-7,14,20H,5,19H2. The molecule has 6 heteroatoms. The number of hydrogen-bond donors (Lipinski definition) is 2. The number of benzene rings is 2. The van der Waals surface area contributed by atoms with Gasteiger partial charge in [0.2, 0.25) is 0 Å². The quantitative estimate of drug-likeness (QED) is 0.353. The van der Waals surface area contributed by atoms with E-state index in [1.165, 1.54) is 6.07 Å². The summed E-state index contributed by atoms with van der Waals surface area (Å²) in [7, 11) is 0. The number of nitrogens with two attached hydrogens (primary N) is 1. The molecule has 0 aliphatic heterocycles. The van der Waals surface area contributed by atoms with Gasteiger partial charge in [-0.05, 0) is 70.5 Å². The van der Waals surface area contributed by atoms with E-state index in [1.807, 2.05) is 24.3 Å². The van der Waals surface area contributed by atoms with Crippen LogP contribution in [0.2, 0.25) is 0 Å². The highest BCUT2D eigenvalue weighted by molar-refractivity contribution is 14.1. The molecular formula is C14H12Br2FIN2. The van der Waals surface area contributed by atoms with Gasteiger partial charge in [-0.25, -0.2) is 4.39 Å². The second-order valence-corrected chi connectivity index (χ2v) is 7.32. The average molecular weight is 514 g/mol. The fraction of sp³-hybridized carbons (Fsp3) is 0.143. The van der Waals surface area contributed by atoms with E-state index in [0.717, 1.165) is 18.1 Å². The lowest BCUT2D eigenvalue weighted by atomic mass is 9.99. The Morgan fingerprint density at radius 2 is 1.80 bits per heavy atom. The zero-order chi connectivity index (χ0) is 14.7. The highest BCUT2D eigenvalue weighted by atomic mass is 127. The lowest BCUT2D eigenvalue weighted by molar-refractivity contribution is 0.527. The molecule has 0 aromatic heterocycles. The Balaban J connectivity index is 2.31. The lowest BCUT2D eigenvalue weighted by Crippen LogP contribution is -2.30. The van der Waals surface area contributed by atoms with E-state index in [9.17, 15) is 4.39 Å². The first kappa shape index (κ1) is 16.4. The van der Waals surface area contributed by atoms with Crippen LogP contribution in [0.1, 0.15) is 17.2 Å². The normalized spacial score (nSPS) is 12.4. The summed E-state index contributed by atoms with van der Waals surface area (Å²) in [6, 6.07) is 10.9. The summed E-state index contributed by atoms with van der Waals surface area (Å²) >= 11 is 8.96. The third kappa shape index (κ3) is 4.00. The topological polar surface area (TPSA) is 38.0 Å². The maximum atomic E-state index is 13.9. The minimum Gasteiger partial charge on any atom is -0.271 e. The van der Waals surface area contributed by atoms with Crippen LogP contribution < -0.4 is 11.3 Å². The Kier molecular flexibility index (Phi) is 5.97. The molecule has 2 aromatic carbocycles. The fourth-order valence-electron chi connectivity index (χ4n) is 1.95. The zero-order valence-corrected chi connectivity index (χ0v) is 15.7. The molecule has 0 spiro atoms. The monoisotopic (exact) mass is 512 g/mol. The van der Waals surface area contributed by atoms with Gasteiger partial charge < -0.3 is 0 Å². The molecule has 0 heterocycles. The van der Waals surface area contributed by atoms with Gasteiger partial charge in [0.25, 0.3) is 0 Å². The molecule has 0 amide bonds. The molecule has 20 heavy (non-hydrogen) atoms. The molecule has 0 aliphatic rings. The van der Waals surface area contributed by atoms with E-state index in [1.54, 1.807) is 6.07 Å². The Bertz CT molecular complexity index is 622. The first-order valence-corrected chi connectivity index (χ1v) is 8.52. The predicted molar refractivity (Wildman–Crippen MR) is 94.7 cm³/mol. The first-order valence-electron chi connectivity index (χ1n) is 5.86. The SMILES string of the molecule is NNC(Cc1ccc(Br)cc1F)c1cc(Br)ccc1I. The van der Waals surface area contributed by atoms with E-state index < -0.39 is 0 Å². The molecular weight excluding hydrogens is 502 g/mol. The minimum absolute atomic E-state index is 0.143. The van der Waals surface area contributed by atoms with Crippen molar-refractivity contribution in [3.63, 3.8) is 0 Å². The number of nitrogens with one attached hydrogen (secondary N) is 1. The molecule has 2 nitrogen and oxygen atoms in total. The summed E-state index contributed by atoms with van der Waals surface area (Å²) < 4.78 is 16.7. The van der Waals surface area contributed by atoms with Gasteiger partial charge in [0.15, 0.2) is 0 Å². The Labute approximate surface area is 147 Å². The van der Waals surface area contributed by atoms with E-state index in [2.05, 4.69) is 59.9 Å². The van der Waals surface area contributed by atoms with Crippen LogP contribution in [0.15, 0.2) is 45.3 Å². The van der Waals surface area contributed by atoms with Crippen molar-refractivity contribution in [2.75, 3.05) is 0 Å². The van der Waals surface area contributed by atoms with Crippen molar-refractivity contribution in [2.45, 2.75) is 12.5 Å². The van der Waals surface area contributed by atoms with Crippen LogP contribution in [0.3, 0.4) is 0 Å². The van der Waals surface area contributed by atoms with E-state index in [-0.39, 0.29) is 11.9 Å². The summed E-state index contributed by atoms with van der Waals surface area (Å²) in [5, 5.41) is 0. The van der Waals surface area contributed by atoms with Crippen LogP contribution in [0, 0.1) is 9.39 Å². The van der Waals surface area contributed by atoms with Crippen LogP contribution in [-0.2, 0) is 6.42 Å². The number of hydrazine groups is 1. The Morgan fingerprint density at radius 1 is 1.15 bits per heavy atom. The van der Waals surface area contributed by atoms with Crippen LogP contribution in [-0.4, -0.2) is 0 Å². The molecule has 0 saturated heterocycles. The van der Waals surface area contributed by atoms with Gasteiger partial charge in [0.1, 0.15) is 5.82 Å². The summed E-state index contributed by atoms with van der Waals surface area (Å²) in [6.07, 6.45) is 0.488. The van der Waals surface area contributed by atoms with Crippen molar-refractivity contribution in [1.29, 1.82) is 0 Å². The lowest BCUT2D eigenvalue weighted by Gasteiger charge is -2.19. The van der Waals surface area contributed by atoms with Gasteiger partial charge >= 0.3 is 0 Å². The second-order valence-electron chi connectivity index (χ2n) is 4.32. The molecule has 3 N–H and O–H groups in total. The van der Waals surface area contributed by atoms with Crippen LogP contribution in [0.25, 0.3) is 0 Å². The summed E-state index contributed by atoms with van der Waals surface area (Å²) in [5.74, 6) is 5.42. The van der Waals surface area contributed by atoms with Crippen molar-refractivity contribution >= 4 is 54.5 Å². The van der Waals surface area contributed by atoms with Crippen molar-refractivity contribution in [3.8, 4) is 0 Å². The minimum atomic E-state index is -0.232. The van der Waals surface area contributed by atoms with Gasteiger partial charge in [0, 0.05) is 12.5 Å². The summed E-state index contributed by atoms with van der Waals surface area (Å²) in [6.45, 7) is 0. The number of halogens is 4. The first-order chi connectivity index (χ1) is 9.51. The van der Waals surface area contributed by atoms with Crippen LogP contribution in [0.5, 0.6) is 0 Å². The van der Waals surface area contributed by atoms with E-state index >= 15 is 0 Å². The van der Waals surface area contributed by atoms with Crippen LogP contribution >= 0.6 is 54.5 Å². The highest BCUT2D eigenvalue weighted by Crippen LogP contribution is 2.27. The highest BCUT2D eigenvalue weighted by Gasteiger charge is 2.16. The Hall–Kier alpha value is -0.0200. The van der Waals surface area contributed by atoms with Crippen LogP contribution in [0.4, 0.5) is 4.39 Å². The average Bonchev–Trinajstić information content (AvgIpc) is 2.41. The van der Waals surface area contributed by atoms with Gasteiger partial charge in [-0.1, -0.05) is 37.9 Å². The molecule has 2 rings (SSSR count). The molecule has 1 unspecified atom stereocenters. The smallest absolute Gasteiger partial charge is 0.127 e. The molecule has 106 valence electrons. The van der Waals surface area contributed by atoms with E-state index in [0.29, 0.717) is 12.0 Å². The molecule has 0 radical (unpaired) electrons. The number of rotatable bonds is 4. The second kappa shape index (κ2) is 7.31. The fourth-order valence-corrected chi connectivity index (χ4v) is 3.37. The predicted octanol–water partition coefficient (Wildman–Crippen LogP) is 4.70. The zero-order valence-electron chi connectivity index (χ0n) is 10.3. The molecule has 0 saturated carbocycles. The van der Waals surface area contributed by atoms with Crippen molar-refractivity contribution in [2.24, 2.45) is 5.84 Å². The molecule has 0 bridgehead atoms. The van der Waals surface area contributed by atoms with E-state index in [4.69, 9.17) is 5.84 Å². The van der Waals surface area contributed by atoms with Crippen molar-refractivity contribution in [3.05, 3.63) is 65.9 Å².